The fourth-order valence-corrected chi connectivity index (χ4v) is 0.775. The fraction of sp³-hybridized carbons (Fsp3) is 0.111. The van der Waals surface area contributed by atoms with Crippen LogP contribution < -0.4 is 24.0 Å². The Bertz CT molecular complexity index is 354. The van der Waals surface area contributed by atoms with Gasteiger partial charge in [-0.3, -0.25) is 9.78 Å². The molecule has 0 unspecified atom stereocenters. The minimum Gasteiger partial charge on any atom is -0.872 e. The van der Waals surface area contributed by atoms with E-state index in [0.29, 0.717) is 6.08 Å². The van der Waals surface area contributed by atoms with Crippen molar-refractivity contribution in [3.05, 3.63) is 41.9 Å². The van der Waals surface area contributed by atoms with Crippen molar-refractivity contribution < 1.29 is 37.5 Å². The van der Waals surface area contributed by atoms with Crippen molar-refractivity contribution in [1.82, 2.24) is 4.98 Å². The summed E-state index contributed by atoms with van der Waals surface area (Å²) in [6, 6.07) is 4.45. The van der Waals surface area contributed by atoms with Crippen LogP contribution in [0.2, 0.25) is 0 Å². The predicted octanol–water partition coefficient (Wildman–Crippen LogP) is -2.22. The number of pyridine rings is 1. The second-order valence-corrected chi connectivity index (χ2v) is 2.43. The van der Waals surface area contributed by atoms with Gasteiger partial charge in [0.1, 0.15) is 5.69 Å². The molecule has 0 radical (unpaired) electrons. The average Bonchev–Trinajstić information content (AvgIpc) is 2.19. The number of alkyl halides is 2. The van der Waals surface area contributed by atoms with Gasteiger partial charge in [-0.2, -0.15) is 0 Å². The number of carbonyl (C=O) groups excluding carboxylic acids is 1. The van der Waals surface area contributed by atoms with Gasteiger partial charge in [0.05, 0.1) is 0 Å². The zero-order chi connectivity index (χ0) is 10.6. The molecule has 0 saturated carbocycles. The van der Waals surface area contributed by atoms with Crippen LogP contribution in [0, 0.1) is 0 Å². The predicted molar refractivity (Wildman–Crippen MR) is 42.7 cm³/mol. The molecule has 0 amide bonds. The second-order valence-electron chi connectivity index (χ2n) is 2.43. The average molecular weight is 205 g/mol. The van der Waals surface area contributed by atoms with Crippen molar-refractivity contribution in [1.29, 1.82) is 0 Å². The zero-order valence-corrected chi connectivity index (χ0v) is 7.98. The van der Waals surface area contributed by atoms with E-state index in [2.05, 4.69) is 4.98 Å². The standard InChI is InChI=1S/C9H7F2NO2.Li/c10-9(11)8(14)5-7(13)6-3-1-2-4-12-6;/h1-5,9,14H;/q;+1/p-1/b8-5-;. The van der Waals surface area contributed by atoms with Crippen LogP contribution in [0.5, 0.6) is 0 Å². The van der Waals surface area contributed by atoms with E-state index in [1.54, 1.807) is 6.07 Å². The van der Waals surface area contributed by atoms with Crippen LogP contribution in [0.25, 0.3) is 0 Å². The Morgan fingerprint density at radius 3 is 2.60 bits per heavy atom. The Labute approximate surface area is 97.0 Å². The van der Waals surface area contributed by atoms with Crippen LogP contribution in [0.1, 0.15) is 10.5 Å². The van der Waals surface area contributed by atoms with Gasteiger partial charge in [-0.1, -0.05) is 11.8 Å². The van der Waals surface area contributed by atoms with E-state index in [-0.39, 0.29) is 24.6 Å². The van der Waals surface area contributed by atoms with Crippen molar-refractivity contribution >= 4 is 5.78 Å². The van der Waals surface area contributed by atoms with Crippen LogP contribution in [-0.2, 0) is 0 Å². The summed E-state index contributed by atoms with van der Waals surface area (Å²) in [4.78, 5) is 14.7. The zero-order valence-electron chi connectivity index (χ0n) is 7.98. The van der Waals surface area contributed by atoms with Crippen LogP contribution in [-0.4, -0.2) is 17.2 Å². The monoisotopic (exact) mass is 205 g/mol. The molecule has 0 aromatic carbocycles. The smallest absolute Gasteiger partial charge is 0.872 e. The SMILES string of the molecule is O=C(/C=C(\[O-])C(F)F)c1ccccn1.[Li+]. The van der Waals surface area contributed by atoms with Crippen molar-refractivity contribution in [2.24, 2.45) is 0 Å². The Morgan fingerprint density at radius 2 is 2.13 bits per heavy atom. The second kappa shape index (κ2) is 6.33. The first-order valence-corrected chi connectivity index (χ1v) is 3.73. The van der Waals surface area contributed by atoms with E-state index in [1.807, 2.05) is 0 Å². The van der Waals surface area contributed by atoms with Gasteiger partial charge in [0.15, 0.2) is 0 Å². The number of hydrogen-bond acceptors (Lipinski definition) is 3. The maximum Gasteiger partial charge on any atom is 1.00 e. The number of aromatic nitrogens is 1. The summed E-state index contributed by atoms with van der Waals surface area (Å²) in [5.74, 6) is -2.31. The molecule has 6 heteroatoms. The molecule has 0 spiro atoms. The molecule has 74 valence electrons. The number of halogens is 2. The van der Waals surface area contributed by atoms with Crippen LogP contribution in [0.15, 0.2) is 36.2 Å². The Balaban J connectivity index is 0.00000196. The minimum atomic E-state index is -3.15. The molecule has 0 aliphatic heterocycles. The van der Waals surface area contributed by atoms with Gasteiger partial charge in [0.25, 0.3) is 0 Å². The third-order valence-corrected chi connectivity index (χ3v) is 1.41. The molecule has 0 aliphatic rings. The molecule has 0 aliphatic carbocycles. The number of nitrogens with zero attached hydrogens (tertiary/aromatic N) is 1. The minimum absolute atomic E-state index is 0. The van der Waals surface area contributed by atoms with Gasteiger partial charge in [0, 0.05) is 6.20 Å². The van der Waals surface area contributed by atoms with Crippen LogP contribution >= 0.6 is 0 Å². The summed E-state index contributed by atoms with van der Waals surface area (Å²) in [5.41, 5.74) is -0.0264. The van der Waals surface area contributed by atoms with Gasteiger partial charge in [-0.05, 0) is 18.2 Å². The number of hydrogen-bond donors (Lipinski definition) is 0. The van der Waals surface area contributed by atoms with E-state index in [9.17, 15) is 18.7 Å². The normalized spacial score (nSPS) is 11.0. The maximum atomic E-state index is 11.8. The first-order valence-electron chi connectivity index (χ1n) is 3.73. The summed E-state index contributed by atoms with van der Waals surface area (Å²) >= 11 is 0. The molecule has 0 N–H and O–H groups in total. The van der Waals surface area contributed by atoms with Crippen molar-refractivity contribution in [2.45, 2.75) is 6.43 Å². The number of rotatable bonds is 3. The van der Waals surface area contributed by atoms with Crippen molar-refractivity contribution in [3.63, 3.8) is 0 Å². The van der Waals surface area contributed by atoms with E-state index in [0.717, 1.165) is 0 Å². The van der Waals surface area contributed by atoms with Crippen LogP contribution in [0.3, 0.4) is 0 Å². The van der Waals surface area contributed by atoms with Gasteiger partial charge in [-0.15, -0.1) is 0 Å². The topological polar surface area (TPSA) is 53.0 Å². The molecule has 1 rings (SSSR count). The van der Waals surface area contributed by atoms with Crippen molar-refractivity contribution in [3.8, 4) is 0 Å². The molecule has 0 saturated heterocycles. The fourth-order valence-electron chi connectivity index (χ4n) is 0.775. The molecule has 1 aromatic rings. The Kier molecular flexibility index (Phi) is 5.83. The molecular weight excluding hydrogens is 199 g/mol. The number of ketones is 1. The van der Waals surface area contributed by atoms with Gasteiger partial charge in [0.2, 0.25) is 12.2 Å². The third kappa shape index (κ3) is 4.24. The first-order chi connectivity index (χ1) is 6.61. The van der Waals surface area contributed by atoms with Gasteiger partial charge >= 0.3 is 18.9 Å². The Hall–Kier alpha value is -1.18. The number of allylic oxidation sites excluding steroid dienone is 2. The largest absolute Gasteiger partial charge is 1.00 e. The summed E-state index contributed by atoms with van der Waals surface area (Å²) in [7, 11) is 0. The summed E-state index contributed by atoms with van der Waals surface area (Å²) in [6.07, 6.45) is -1.45. The third-order valence-electron chi connectivity index (χ3n) is 1.41. The van der Waals surface area contributed by atoms with Crippen molar-refractivity contribution in [2.75, 3.05) is 0 Å². The summed E-state index contributed by atoms with van der Waals surface area (Å²) in [5, 5.41) is 10.5. The first kappa shape index (κ1) is 13.8. The molecule has 1 heterocycles. The van der Waals surface area contributed by atoms with E-state index < -0.39 is 18.0 Å². The van der Waals surface area contributed by atoms with Gasteiger partial charge in [-0.25, -0.2) is 8.78 Å². The van der Waals surface area contributed by atoms with Gasteiger partial charge < -0.3 is 5.11 Å². The quantitative estimate of drug-likeness (QED) is 0.243. The number of carbonyl (C=O) groups is 1. The molecule has 0 fully saturated rings. The summed E-state index contributed by atoms with van der Waals surface area (Å²) in [6.45, 7) is 0. The maximum absolute atomic E-state index is 11.8. The molecule has 0 bridgehead atoms. The van der Waals surface area contributed by atoms with E-state index >= 15 is 0 Å². The Morgan fingerprint density at radius 1 is 1.47 bits per heavy atom. The molecule has 0 atom stereocenters. The van der Waals surface area contributed by atoms with Crippen LogP contribution in [0.4, 0.5) is 8.78 Å². The van der Waals surface area contributed by atoms with E-state index in [1.165, 1.54) is 18.3 Å². The molecule has 15 heavy (non-hydrogen) atoms. The molecule has 3 nitrogen and oxygen atoms in total. The molecule has 1 aromatic heterocycles. The molecular formula is C9H6F2LiNO2. The summed E-state index contributed by atoms with van der Waals surface area (Å²) < 4.78 is 23.5. The van der Waals surface area contributed by atoms with E-state index in [4.69, 9.17) is 0 Å².